The van der Waals surface area contributed by atoms with Crippen molar-refractivity contribution in [1.29, 1.82) is 0 Å². The number of aliphatic imine (C=N–C) groups is 1. The summed E-state index contributed by atoms with van der Waals surface area (Å²) in [5.74, 6) is 0.00131. The second kappa shape index (κ2) is 10.7. The van der Waals surface area contributed by atoms with E-state index in [4.69, 9.17) is 9.73 Å². The van der Waals surface area contributed by atoms with E-state index in [9.17, 15) is 13.2 Å². The van der Waals surface area contributed by atoms with E-state index < -0.39 is 0 Å². The molecule has 5 heteroatoms. The molecule has 0 aromatic heterocycles. The van der Waals surface area contributed by atoms with Crippen molar-refractivity contribution in [3.05, 3.63) is 101 Å². The fourth-order valence-electron chi connectivity index (χ4n) is 4.33. The zero-order valence-electron chi connectivity index (χ0n) is 18.7. The van der Waals surface area contributed by atoms with Gasteiger partial charge in [-0.1, -0.05) is 37.3 Å². The van der Waals surface area contributed by atoms with Gasteiger partial charge in [0, 0.05) is 29.7 Å². The van der Waals surface area contributed by atoms with Gasteiger partial charge in [0.05, 0.1) is 5.70 Å². The van der Waals surface area contributed by atoms with Gasteiger partial charge in [-0.2, -0.15) is 0 Å². The number of rotatable bonds is 4. The molecule has 1 heterocycles. The van der Waals surface area contributed by atoms with Crippen molar-refractivity contribution in [2.45, 2.75) is 39.0 Å². The van der Waals surface area contributed by atoms with Crippen LogP contribution in [0.2, 0.25) is 0 Å². The van der Waals surface area contributed by atoms with Gasteiger partial charge in [0.25, 0.3) is 0 Å². The highest BCUT2D eigenvalue weighted by molar-refractivity contribution is 5.93. The van der Waals surface area contributed by atoms with E-state index in [1.54, 1.807) is 12.1 Å². The van der Waals surface area contributed by atoms with Crippen LogP contribution in [-0.2, 0) is 0 Å². The maximum absolute atomic E-state index is 14.7. The van der Waals surface area contributed by atoms with E-state index in [2.05, 4.69) is 13.0 Å². The van der Waals surface area contributed by atoms with Crippen LogP contribution in [0.4, 0.5) is 13.2 Å². The Morgan fingerprint density at radius 2 is 1.97 bits per heavy atom. The van der Waals surface area contributed by atoms with Crippen LogP contribution in [0.15, 0.2) is 100 Å². The van der Waals surface area contributed by atoms with Gasteiger partial charge >= 0.3 is 0 Å². The monoisotopic (exact) mass is 451 g/mol. The summed E-state index contributed by atoms with van der Waals surface area (Å²) in [7, 11) is 0. The highest BCUT2D eigenvalue weighted by atomic mass is 19.1. The Labute approximate surface area is 193 Å². The van der Waals surface area contributed by atoms with Crippen molar-refractivity contribution in [2.24, 2.45) is 16.8 Å². The normalized spacial score (nSPS) is 30.9. The first-order valence-corrected chi connectivity index (χ1v) is 11.5. The first kappa shape index (κ1) is 23.1. The van der Waals surface area contributed by atoms with E-state index in [1.165, 1.54) is 30.4 Å². The Kier molecular flexibility index (Phi) is 7.48. The van der Waals surface area contributed by atoms with E-state index >= 15 is 0 Å². The van der Waals surface area contributed by atoms with Crippen molar-refractivity contribution < 1.29 is 17.9 Å². The number of halogens is 3. The molecule has 2 atom stereocenters. The second-order valence-electron chi connectivity index (χ2n) is 8.61. The van der Waals surface area contributed by atoms with Gasteiger partial charge in [0.15, 0.2) is 0 Å². The Hall–Kier alpha value is -3.08. The highest BCUT2D eigenvalue weighted by Gasteiger charge is 2.25. The molecule has 2 nitrogen and oxygen atoms in total. The van der Waals surface area contributed by atoms with Crippen molar-refractivity contribution in [3.63, 3.8) is 0 Å². The van der Waals surface area contributed by atoms with Crippen LogP contribution in [-0.4, -0.2) is 12.3 Å². The number of fused-ring (bicyclic) bond motifs is 1. The molecule has 172 valence electrons. The lowest BCUT2D eigenvalue weighted by atomic mass is 9.86. The lowest BCUT2D eigenvalue weighted by Gasteiger charge is -2.18. The summed E-state index contributed by atoms with van der Waals surface area (Å²) in [5.41, 5.74) is 3.17. The van der Waals surface area contributed by atoms with E-state index in [-0.39, 0.29) is 42.3 Å². The summed E-state index contributed by atoms with van der Waals surface area (Å²) in [5, 5.41) is 0. The van der Waals surface area contributed by atoms with Crippen LogP contribution in [0.25, 0.3) is 0 Å². The van der Waals surface area contributed by atoms with Gasteiger partial charge in [-0.15, -0.1) is 0 Å². The van der Waals surface area contributed by atoms with Crippen LogP contribution in [0.5, 0.6) is 5.75 Å². The third kappa shape index (κ3) is 6.04. The van der Waals surface area contributed by atoms with Crippen molar-refractivity contribution in [3.8, 4) is 5.75 Å². The minimum absolute atomic E-state index is 0.180. The molecule has 1 unspecified atom stereocenters. The molecule has 0 saturated heterocycles. The molecule has 0 radical (unpaired) electrons. The summed E-state index contributed by atoms with van der Waals surface area (Å²) in [4.78, 5) is 4.83. The highest BCUT2D eigenvalue weighted by Crippen LogP contribution is 2.32. The number of nitrogens with zero attached hydrogens (tertiary/aromatic N) is 1. The van der Waals surface area contributed by atoms with Crippen LogP contribution >= 0.6 is 0 Å². The van der Waals surface area contributed by atoms with Gasteiger partial charge in [-0.05, 0) is 67.5 Å². The van der Waals surface area contributed by atoms with Crippen molar-refractivity contribution >= 4 is 5.71 Å². The van der Waals surface area contributed by atoms with Crippen molar-refractivity contribution in [1.82, 2.24) is 0 Å². The molecule has 2 aliphatic carbocycles. The van der Waals surface area contributed by atoms with Crippen LogP contribution in [0.3, 0.4) is 0 Å². The predicted octanol–water partition coefficient (Wildman–Crippen LogP) is 7.89. The zero-order valence-corrected chi connectivity index (χ0v) is 18.7. The molecule has 0 saturated carbocycles. The van der Waals surface area contributed by atoms with Gasteiger partial charge in [-0.25, -0.2) is 13.2 Å². The largest absolute Gasteiger partial charge is 0.487 e. The molecular formula is C28H28F3NO. The fourth-order valence-corrected chi connectivity index (χ4v) is 4.33. The number of allylic oxidation sites excluding steroid dienone is 11. The van der Waals surface area contributed by atoms with Crippen LogP contribution in [0.1, 0.15) is 39.0 Å². The Morgan fingerprint density at radius 3 is 2.82 bits per heavy atom. The first-order chi connectivity index (χ1) is 16.0. The summed E-state index contributed by atoms with van der Waals surface area (Å²) >= 11 is 0. The van der Waals surface area contributed by atoms with E-state index in [0.717, 1.165) is 36.2 Å². The van der Waals surface area contributed by atoms with Gasteiger partial charge in [0.1, 0.15) is 29.8 Å². The van der Waals surface area contributed by atoms with Gasteiger partial charge in [-0.3, -0.25) is 4.99 Å². The SMILES string of the molecule is C[C@H]1C/C=C/C(C2=C/C=C(/F)CC/C=C\2F)=C\CCC2C=C(COc3cccc(F)c3)N=C21. The molecule has 0 fully saturated rings. The average molecular weight is 452 g/mol. The average Bonchev–Trinajstić information content (AvgIpc) is 3.19. The van der Waals surface area contributed by atoms with Crippen LogP contribution < -0.4 is 4.74 Å². The molecule has 1 aliphatic heterocycles. The molecule has 0 bridgehead atoms. The lowest BCUT2D eigenvalue weighted by Crippen LogP contribution is -2.18. The molecule has 3 aliphatic rings. The minimum Gasteiger partial charge on any atom is -0.487 e. The Morgan fingerprint density at radius 1 is 1.09 bits per heavy atom. The summed E-state index contributed by atoms with van der Waals surface area (Å²) < 4.78 is 47.6. The van der Waals surface area contributed by atoms with E-state index in [0.29, 0.717) is 17.7 Å². The summed E-state index contributed by atoms with van der Waals surface area (Å²) in [6, 6.07) is 6.08. The Balaban J connectivity index is 1.50. The standard InChI is InChI=1S/C28H28F3NO/c1-19-6-2-7-20(26-15-14-22(29)10-5-13-27(26)31)8-3-9-21-16-24(32-28(19)21)18-33-25-12-4-11-23(30)17-25/h2,4,7-8,11-17,19,21H,3,5-6,9-10,18H2,1H3/b7-2+,20-8+,22-14+,26-15-,27-13+/t19-,21?/m0/s1. The second-order valence-corrected chi connectivity index (χ2v) is 8.61. The number of hydrogen-bond acceptors (Lipinski definition) is 2. The molecule has 1 aromatic carbocycles. The number of benzene rings is 1. The van der Waals surface area contributed by atoms with Gasteiger partial charge < -0.3 is 4.74 Å². The smallest absolute Gasteiger partial charge is 0.130 e. The van der Waals surface area contributed by atoms with Crippen molar-refractivity contribution in [2.75, 3.05) is 6.61 Å². The molecule has 33 heavy (non-hydrogen) atoms. The lowest BCUT2D eigenvalue weighted by molar-refractivity contribution is 0.348. The third-order valence-electron chi connectivity index (χ3n) is 6.07. The number of hydrogen-bond donors (Lipinski definition) is 0. The Bertz CT molecular complexity index is 1100. The quantitative estimate of drug-likeness (QED) is 0.456. The summed E-state index contributed by atoms with van der Waals surface area (Å²) in [6.45, 7) is 2.42. The molecule has 1 aromatic rings. The zero-order chi connectivity index (χ0) is 23.2. The molecule has 0 N–H and O–H groups in total. The molecule has 0 amide bonds. The maximum atomic E-state index is 14.7. The maximum Gasteiger partial charge on any atom is 0.130 e. The summed E-state index contributed by atoms with van der Waals surface area (Å²) in [6.07, 6.45) is 15.4. The fraction of sp³-hybridized carbons (Fsp3) is 0.321. The number of ether oxygens (including phenoxy) is 1. The predicted molar refractivity (Wildman–Crippen MR) is 127 cm³/mol. The molecule has 4 rings (SSSR count). The van der Waals surface area contributed by atoms with Gasteiger partial charge in [0.2, 0.25) is 0 Å². The first-order valence-electron chi connectivity index (χ1n) is 11.5. The van der Waals surface area contributed by atoms with Crippen LogP contribution in [0, 0.1) is 17.7 Å². The molecule has 0 spiro atoms. The molecular weight excluding hydrogens is 423 g/mol. The third-order valence-corrected chi connectivity index (χ3v) is 6.07. The van der Waals surface area contributed by atoms with E-state index in [1.807, 2.05) is 18.2 Å². The topological polar surface area (TPSA) is 21.6 Å². The minimum atomic E-state index is -0.333.